The maximum Gasteiger partial charge on any atom is 0.287 e. The molecule has 3 rings (SSSR count). The summed E-state index contributed by atoms with van der Waals surface area (Å²) in [6, 6.07) is 8.13. The number of nitrogens with one attached hydrogen (secondary N) is 2. The summed E-state index contributed by atoms with van der Waals surface area (Å²) in [5, 5.41) is 6.52. The largest absolute Gasteiger partial charge is 0.459 e. The zero-order valence-corrected chi connectivity index (χ0v) is 12.8. The minimum Gasteiger partial charge on any atom is -0.459 e. The third-order valence-electron chi connectivity index (χ3n) is 3.07. The van der Waals surface area contributed by atoms with E-state index in [1.165, 1.54) is 12.3 Å². The van der Waals surface area contributed by atoms with Crippen molar-refractivity contribution in [2.24, 2.45) is 0 Å². The van der Waals surface area contributed by atoms with Crippen LogP contribution in [0.4, 0.5) is 5.69 Å². The van der Waals surface area contributed by atoms with Crippen molar-refractivity contribution < 1.29 is 17.6 Å². The fourth-order valence-electron chi connectivity index (χ4n) is 2.01. The number of furan rings is 1. The summed E-state index contributed by atoms with van der Waals surface area (Å²) in [6.45, 7) is -0.0240. The SMILES string of the molecule is O=C(NCCS(=O)(=O)Nc1ccn2nccc2c1)c1ccco1. The van der Waals surface area contributed by atoms with Crippen molar-refractivity contribution in [3.63, 3.8) is 0 Å². The maximum atomic E-state index is 12.0. The molecule has 0 atom stereocenters. The van der Waals surface area contributed by atoms with Crippen LogP contribution in [-0.4, -0.2) is 36.2 Å². The highest BCUT2D eigenvalue weighted by Gasteiger charge is 2.13. The highest BCUT2D eigenvalue weighted by atomic mass is 32.2. The Morgan fingerprint density at radius 2 is 2.17 bits per heavy atom. The number of amides is 1. The second-order valence-corrected chi connectivity index (χ2v) is 6.61. The van der Waals surface area contributed by atoms with Gasteiger partial charge >= 0.3 is 0 Å². The van der Waals surface area contributed by atoms with E-state index in [1.807, 2.05) is 0 Å². The summed E-state index contributed by atoms with van der Waals surface area (Å²) < 4.78 is 33.1. The standard InChI is InChI=1S/C14H14N4O4S/c19-14(13-2-1-8-22-13)15-6-9-23(20,21)17-11-4-7-18-12(10-11)3-5-16-18/h1-5,7-8,10,17H,6,9H2,(H,15,19). The second kappa shape index (κ2) is 6.13. The first-order valence-corrected chi connectivity index (χ1v) is 8.44. The molecule has 0 saturated heterocycles. The van der Waals surface area contributed by atoms with Crippen molar-refractivity contribution in [1.29, 1.82) is 0 Å². The lowest BCUT2D eigenvalue weighted by Crippen LogP contribution is -2.31. The van der Waals surface area contributed by atoms with Crippen molar-refractivity contribution in [1.82, 2.24) is 14.9 Å². The molecule has 3 aromatic rings. The van der Waals surface area contributed by atoms with Crippen LogP contribution in [0.25, 0.3) is 5.52 Å². The van der Waals surface area contributed by atoms with Crippen LogP contribution in [-0.2, 0) is 10.0 Å². The van der Waals surface area contributed by atoms with Gasteiger partial charge in [0.25, 0.3) is 5.91 Å². The van der Waals surface area contributed by atoms with Gasteiger partial charge in [0.15, 0.2) is 5.76 Å². The van der Waals surface area contributed by atoms with Gasteiger partial charge in [-0.05, 0) is 30.3 Å². The maximum absolute atomic E-state index is 12.0. The molecule has 0 aliphatic heterocycles. The Morgan fingerprint density at radius 1 is 1.30 bits per heavy atom. The lowest BCUT2D eigenvalue weighted by Gasteiger charge is -2.08. The van der Waals surface area contributed by atoms with E-state index in [4.69, 9.17) is 4.42 Å². The summed E-state index contributed by atoms with van der Waals surface area (Å²) in [7, 11) is -3.58. The molecule has 3 aromatic heterocycles. The van der Waals surface area contributed by atoms with Crippen LogP contribution in [0.2, 0.25) is 0 Å². The predicted octanol–water partition coefficient (Wildman–Crippen LogP) is 1.10. The summed E-state index contributed by atoms with van der Waals surface area (Å²) in [4.78, 5) is 11.6. The van der Waals surface area contributed by atoms with Crippen LogP contribution >= 0.6 is 0 Å². The summed E-state index contributed by atoms with van der Waals surface area (Å²) in [5.41, 5.74) is 1.21. The van der Waals surface area contributed by atoms with Crippen molar-refractivity contribution in [2.75, 3.05) is 17.0 Å². The Labute approximate surface area is 132 Å². The van der Waals surface area contributed by atoms with Gasteiger partial charge in [-0.25, -0.2) is 12.9 Å². The Bertz CT molecular complexity index is 915. The third kappa shape index (κ3) is 3.69. The summed E-state index contributed by atoms with van der Waals surface area (Å²) in [6.07, 6.45) is 4.66. The molecule has 0 spiro atoms. The van der Waals surface area contributed by atoms with Gasteiger partial charge in [0.1, 0.15) is 0 Å². The first kappa shape index (κ1) is 15.1. The molecule has 3 heterocycles. The molecule has 120 valence electrons. The fraction of sp³-hybridized carbons (Fsp3) is 0.143. The predicted molar refractivity (Wildman–Crippen MR) is 83.6 cm³/mol. The van der Waals surface area contributed by atoms with E-state index in [0.717, 1.165) is 5.52 Å². The van der Waals surface area contributed by atoms with Crippen molar-refractivity contribution in [3.05, 3.63) is 54.7 Å². The van der Waals surface area contributed by atoms with Gasteiger partial charge in [0.05, 0.1) is 23.2 Å². The van der Waals surface area contributed by atoms with E-state index < -0.39 is 15.9 Å². The lowest BCUT2D eigenvalue weighted by molar-refractivity contribution is 0.0928. The number of hydrogen-bond donors (Lipinski definition) is 2. The fourth-order valence-corrected chi connectivity index (χ4v) is 2.97. The quantitative estimate of drug-likeness (QED) is 0.702. The van der Waals surface area contributed by atoms with Gasteiger partial charge in [-0.3, -0.25) is 9.52 Å². The number of hydrogen-bond acceptors (Lipinski definition) is 5. The van der Waals surface area contributed by atoms with Crippen molar-refractivity contribution >= 4 is 27.1 Å². The Morgan fingerprint density at radius 3 is 2.96 bits per heavy atom. The molecule has 2 N–H and O–H groups in total. The number of carbonyl (C=O) groups excluding carboxylic acids is 1. The van der Waals surface area contributed by atoms with E-state index in [9.17, 15) is 13.2 Å². The van der Waals surface area contributed by atoms with E-state index >= 15 is 0 Å². The summed E-state index contributed by atoms with van der Waals surface area (Å²) >= 11 is 0. The molecule has 1 amide bonds. The number of sulfonamides is 1. The zero-order valence-electron chi connectivity index (χ0n) is 12.0. The van der Waals surface area contributed by atoms with Gasteiger partial charge in [-0.1, -0.05) is 0 Å². The second-order valence-electron chi connectivity index (χ2n) is 4.77. The van der Waals surface area contributed by atoms with E-state index in [1.54, 1.807) is 41.2 Å². The third-order valence-corrected chi connectivity index (χ3v) is 4.36. The van der Waals surface area contributed by atoms with Gasteiger partial charge in [-0.15, -0.1) is 0 Å². The average molecular weight is 334 g/mol. The minimum atomic E-state index is -3.58. The van der Waals surface area contributed by atoms with E-state index in [2.05, 4.69) is 15.1 Å². The molecule has 0 radical (unpaired) electrons. The lowest BCUT2D eigenvalue weighted by atomic mass is 10.4. The van der Waals surface area contributed by atoms with Crippen LogP contribution in [0.5, 0.6) is 0 Å². The van der Waals surface area contributed by atoms with Gasteiger partial charge in [-0.2, -0.15) is 5.10 Å². The Hall–Kier alpha value is -2.81. The molecule has 0 aliphatic rings. The van der Waals surface area contributed by atoms with Gasteiger partial charge < -0.3 is 9.73 Å². The number of aromatic nitrogens is 2. The first-order chi connectivity index (χ1) is 11.0. The molecule has 0 aromatic carbocycles. The summed E-state index contributed by atoms with van der Waals surface area (Å²) in [5.74, 6) is -0.559. The molecular weight excluding hydrogens is 320 g/mol. The van der Waals surface area contributed by atoms with Crippen molar-refractivity contribution in [3.8, 4) is 0 Å². The molecular formula is C14H14N4O4S. The van der Waals surface area contributed by atoms with Crippen LogP contribution < -0.4 is 10.0 Å². The Kier molecular flexibility index (Phi) is 4.02. The molecule has 23 heavy (non-hydrogen) atoms. The smallest absolute Gasteiger partial charge is 0.287 e. The number of pyridine rings is 1. The zero-order chi connectivity index (χ0) is 16.3. The minimum absolute atomic E-state index is 0.0240. The molecule has 0 aliphatic carbocycles. The highest BCUT2D eigenvalue weighted by molar-refractivity contribution is 7.92. The monoisotopic (exact) mass is 334 g/mol. The first-order valence-electron chi connectivity index (χ1n) is 6.79. The van der Waals surface area contributed by atoms with E-state index in [-0.39, 0.29) is 18.1 Å². The molecule has 8 nitrogen and oxygen atoms in total. The normalized spacial score (nSPS) is 11.5. The van der Waals surface area contributed by atoms with Gasteiger partial charge in [0.2, 0.25) is 10.0 Å². The molecule has 9 heteroatoms. The van der Waals surface area contributed by atoms with Crippen LogP contribution in [0.3, 0.4) is 0 Å². The number of fused-ring (bicyclic) bond motifs is 1. The van der Waals surface area contributed by atoms with Crippen LogP contribution in [0.1, 0.15) is 10.6 Å². The molecule has 0 unspecified atom stereocenters. The number of rotatable bonds is 6. The van der Waals surface area contributed by atoms with Gasteiger partial charge in [0, 0.05) is 18.9 Å². The molecule has 0 saturated carbocycles. The van der Waals surface area contributed by atoms with Crippen LogP contribution in [0, 0.1) is 0 Å². The Balaban J connectivity index is 1.57. The highest BCUT2D eigenvalue weighted by Crippen LogP contribution is 2.13. The molecule has 0 fully saturated rings. The van der Waals surface area contributed by atoms with E-state index in [0.29, 0.717) is 5.69 Å². The molecule has 0 bridgehead atoms. The number of anilines is 1. The van der Waals surface area contributed by atoms with Crippen molar-refractivity contribution in [2.45, 2.75) is 0 Å². The number of nitrogens with zero attached hydrogens (tertiary/aromatic N) is 2. The van der Waals surface area contributed by atoms with Crippen LogP contribution in [0.15, 0.2) is 53.4 Å². The average Bonchev–Trinajstić information content (AvgIpc) is 3.17. The topological polar surface area (TPSA) is 106 Å². The number of carbonyl (C=O) groups is 1.